The van der Waals surface area contributed by atoms with Gasteiger partial charge in [0.1, 0.15) is 6.04 Å². The van der Waals surface area contributed by atoms with E-state index in [1.165, 1.54) is 0 Å². The Labute approximate surface area is 101 Å². The van der Waals surface area contributed by atoms with Crippen molar-refractivity contribution in [1.29, 1.82) is 0 Å². The first kappa shape index (κ1) is 11.9. The number of rotatable bonds is 3. The molecule has 1 aliphatic rings. The molecule has 1 atom stereocenters. The predicted molar refractivity (Wildman–Crippen MR) is 66.6 cm³/mol. The fourth-order valence-corrected chi connectivity index (χ4v) is 2.26. The molecule has 1 aliphatic heterocycles. The molecule has 1 unspecified atom stereocenters. The van der Waals surface area contributed by atoms with Crippen LogP contribution in [0.5, 0.6) is 0 Å². The van der Waals surface area contributed by atoms with Gasteiger partial charge in [-0.2, -0.15) is 0 Å². The van der Waals surface area contributed by atoms with Crippen LogP contribution in [0.4, 0.5) is 5.69 Å². The van der Waals surface area contributed by atoms with Gasteiger partial charge in [-0.1, -0.05) is 6.92 Å². The molecule has 5 heteroatoms. The van der Waals surface area contributed by atoms with Gasteiger partial charge in [0.15, 0.2) is 0 Å². The van der Waals surface area contributed by atoms with E-state index in [4.69, 9.17) is 5.73 Å². The van der Waals surface area contributed by atoms with Crippen LogP contribution in [-0.4, -0.2) is 30.0 Å². The summed E-state index contributed by atoms with van der Waals surface area (Å²) in [5.74, 6) is 0.0885. The minimum absolute atomic E-state index is 0.0885. The Balaban J connectivity index is 2.33. The molecule has 3 N–H and O–H groups in total. The predicted octanol–water partition coefficient (Wildman–Crippen LogP) is 0.255. The maximum atomic E-state index is 11.8. The number of nitrogens with two attached hydrogens (primary N) is 1. The lowest BCUT2D eigenvalue weighted by Gasteiger charge is -2.37. The van der Waals surface area contributed by atoms with Crippen molar-refractivity contribution >= 4 is 11.6 Å². The highest BCUT2D eigenvalue weighted by atomic mass is 16.2. The van der Waals surface area contributed by atoms with Crippen LogP contribution in [-0.2, 0) is 11.3 Å². The fraction of sp³-hybridized carbons (Fsp3) is 0.500. The summed E-state index contributed by atoms with van der Waals surface area (Å²) in [7, 11) is 0. The lowest BCUT2D eigenvalue weighted by atomic mass is 10.1. The van der Waals surface area contributed by atoms with Crippen LogP contribution in [0.15, 0.2) is 18.3 Å². The van der Waals surface area contributed by atoms with Gasteiger partial charge in [-0.05, 0) is 18.6 Å². The fourth-order valence-electron chi connectivity index (χ4n) is 2.26. The first-order valence-corrected chi connectivity index (χ1v) is 5.96. The van der Waals surface area contributed by atoms with Crippen LogP contribution in [0.25, 0.3) is 0 Å². The standard InChI is InChI=1S/C12H18N4O/c1-2-10-12(17)15-6-7-16(10)11-4-3-5-14-9(11)8-13/h3-5,10H,2,6-8,13H2,1H3,(H,15,17). The maximum absolute atomic E-state index is 11.8. The molecule has 0 saturated carbocycles. The molecular weight excluding hydrogens is 216 g/mol. The Kier molecular flexibility index (Phi) is 3.58. The monoisotopic (exact) mass is 234 g/mol. The van der Waals surface area contributed by atoms with Gasteiger partial charge < -0.3 is 16.0 Å². The minimum atomic E-state index is -0.113. The third kappa shape index (κ3) is 2.24. The molecule has 0 radical (unpaired) electrons. The normalized spacial score (nSPS) is 20.2. The number of pyridine rings is 1. The topological polar surface area (TPSA) is 71.2 Å². The number of anilines is 1. The zero-order chi connectivity index (χ0) is 12.3. The highest BCUT2D eigenvalue weighted by Gasteiger charge is 2.29. The van der Waals surface area contributed by atoms with E-state index in [0.717, 1.165) is 24.3 Å². The van der Waals surface area contributed by atoms with Crippen LogP contribution < -0.4 is 16.0 Å². The van der Waals surface area contributed by atoms with Crippen molar-refractivity contribution in [2.75, 3.05) is 18.0 Å². The number of amides is 1. The number of carbonyl (C=O) groups is 1. The molecule has 17 heavy (non-hydrogen) atoms. The second-order valence-electron chi connectivity index (χ2n) is 4.08. The molecule has 2 rings (SSSR count). The summed E-state index contributed by atoms with van der Waals surface area (Å²) in [4.78, 5) is 18.2. The van der Waals surface area contributed by atoms with Crippen LogP contribution in [0.2, 0.25) is 0 Å². The van der Waals surface area contributed by atoms with Crippen LogP contribution in [0.1, 0.15) is 19.0 Å². The van der Waals surface area contributed by atoms with E-state index in [2.05, 4.69) is 15.2 Å². The highest BCUT2D eigenvalue weighted by Crippen LogP contribution is 2.23. The molecule has 0 bridgehead atoms. The lowest BCUT2D eigenvalue weighted by Crippen LogP contribution is -2.55. The zero-order valence-electron chi connectivity index (χ0n) is 10.0. The van der Waals surface area contributed by atoms with E-state index in [0.29, 0.717) is 13.1 Å². The van der Waals surface area contributed by atoms with Gasteiger partial charge in [0.05, 0.1) is 11.4 Å². The largest absolute Gasteiger partial charge is 0.356 e. The van der Waals surface area contributed by atoms with E-state index in [9.17, 15) is 4.79 Å². The van der Waals surface area contributed by atoms with Crippen LogP contribution >= 0.6 is 0 Å². The highest BCUT2D eigenvalue weighted by molar-refractivity contribution is 5.86. The van der Waals surface area contributed by atoms with Gasteiger partial charge in [-0.3, -0.25) is 9.78 Å². The summed E-state index contributed by atoms with van der Waals surface area (Å²) in [5.41, 5.74) is 7.52. The number of hydrogen-bond donors (Lipinski definition) is 2. The number of hydrogen-bond acceptors (Lipinski definition) is 4. The molecule has 0 spiro atoms. The van der Waals surface area contributed by atoms with Crippen LogP contribution in [0, 0.1) is 0 Å². The van der Waals surface area contributed by atoms with Crippen molar-refractivity contribution in [3.8, 4) is 0 Å². The summed E-state index contributed by atoms with van der Waals surface area (Å²) in [5, 5.41) is 2.89. The average molecular weight is 234 g/mol. The van der Waals surface area contributed by atoms with Gasteiger partial charge in [0.2, 0.25) is 5.91 Å². The SMILES string of the molecule is CCC1C(=O)NCCN1c1cccnc1CN. The third-order valence-corrected chi connectivity index (χ3v) is 3.09. The Bertz CT molecular complexity index is 407. The molecule has 5 nitrogen and oxygen atoms in total. The van der Waals surface area contributed by atoms with Gasteiger partial charge in [-0.15, -0.1) is 0 Å². The Morgan fingerprint density at radius 2 is 2.47 bits per heavy atom. The molecule has 1 amide bonds. The van der Waals surface area contributed by atoms with Crippen molar-refractivity contribution in [2.24, 2.45) is 5.73 Å². The summed E-state index contributed by atoms with van der Waals surface area (Å²) in [6.45, 7) is 3.89. The van der Waals surface area contributed by atoms with Crippen molar-refractivity contribution in [3.05, 3.63) is 24.0 Å². The molecular formula is C12H18N4O. The maximum Gasteiger partial charge on any atom is 0.242 e. The summed E-state index contributed by atoms with van der Waals surface area (Å²) in [6, 6.07) is 3.75. The number of piperazine rings is 1. The average Bonchev–Trinajstić information content (AvgIpc) is 2.38. The van der Waals surface area contributed by atoms with Gasteiger partial charge in [-0.25, -0.2) is 0 Å². The van der Waals surface area contributed by atoms with E-state index in [-0.39, 0.29) is 11.9 Å². The molecule has 1 aromatic heterocycles. The van der Waals surface area contributed by atoms with E-state index in [1.54, 1.807) is 6.20 Å². The smallest absolute Gasteiger partial charge is 0.242 e. The number of aromatic nitrogens is 1. The molecule has 92 valence electrons. The Morgan fingerprint density at radius 1 is 1.65 bits per heavy atom. The van der Waals surface area contributed by atoms with Gasteiger partial charge in [0.25, 0.3) is 0 Å². The molecule has 2 heterocycles. The van der Waals surface area contributed by atoms with Gasteiger partial charge in [0, 0.05) is 25.8 Å². The van der Waals surface area contributed by atoms with Crippen LogP contribution in [0.3, 0.4) is 0 Å². The second-order valence-corrected chi connectivity index (χ2v) is 4.08. The molecule has 1 aromatic rings. The first-order chi connectivity index (χ1) is 8.27. The first-order valence-electron chi connectivity index (χ1n) is 5.96. The van der Waals surface area contributed by atoms with Crippen molar-refractivity contribution in [2.45, 2.75) is 25.9 Å². The molecule has 0 aliphatic carbocycles. The summed E-state index contributed by atoms with van der Waals surface area (Å²) < 4.78 is 0. The van der Waals surface area contributed by atoms with Crippen molar-refractivity contribution in [3.63, 3.8) is 0 Å². The molecule has 1 fully saturated rings. The number of nitrogens with one attached hydrogen (secondary N) is 1. The summed E-state index contributed by atoms with van der Waals surface area (Å²) >= 11 is 0. The lowest BCUT2D eigenvalue weighted by molar-refractivity contribution is -0.123. The van der Waals surface area contributed by atoms with Gasteiger partial charge >= 0.3 is 0 Å². The summed E-state index contributed by atoms with van der Waals surface area (Å²) in [6.07, 6.45) is 2.52. The molecule has 0 aromatic carbocycles. The zero-order valence-corrected chi connectivity index (χ0v) is 10.0. The van der Waals surface area contributed by atoms with Crippen molar-refractivity contribution < 1.29 is 4.79 Å². The minimum Gasteiger partial charge on any atom is -0.356 e. The van der Waals surface area contributed by atoms with E-state index in [1.807, 2.05) is 19.1 Å². The Hall–Kier alpha value is -1.62. The second kappa shape index (κ2) is 5.14. The van der Waals surface area contributed by atoms with Crippen molar-refractivity contribution in [1.82, 2.24) is 10.3 Å². The third-order valence-electron chi connectivity index (χ3n) is 3.09. The number of carbonyl (C=O) groups excluding carboxylic acids is 1. The number of nitrogens with zero attached hydrogens (tertiary/aromatic N) is 2. The quantitative estimate of drug-likeness (QED) is 0.786. The molecule has 1 saturated heterocycles. The Morgan fingerprint density at radius 3 is 3.18 bits per heavy atom. The van der Waals surface area contributed by atoms with E-state index >= 15 is 0 Å². The van der Waals surface area contributed by atoms with E-state index < -0.39 is 0 Å².